The maximum Gasteiger partial charge on any atom is 0.248 e. The zero-order valence-electron chi connectivity index (χ0n) is 12.9. The topological polar surface area (TPSA) is 116 Å². The second-order valence-corrected chi connectivity index (χ2v) is 6.79. The van der Waals surface area contributed by atoms with Gasteiger partial charge in [-0.25, -0.2) is 13.6 Å². The number of rotatable bonds is 5. The fourth-order valence-corrected chi connectivity index (χ4v) is 2.76. The Kier molecular flexibility index (Phi) is 4.28. The van der Waals surface area contributed by atoms with Gasteiger partial charge in [-0.05, 0) is 47.2 Å². The van der Waals surface area contributed by atoms with Gasteiger partial charge < -0.3 is 5.32 Å². The van der Waals surface area contributed by atoms with Crippen molar-refractivity contribution in [2.75, 3.05) is 5.32 Å². The average Bonchev–Trinajstić information content (AvgIpc) is 3.03. The van der Waals surface area contributed by atoms with Gasteiger partial charge in [-0.1, -0.05) is 35.4 Å². The third kappa shape index (κ3) is 3.42. The van der Waals surface area contributed by atoms with Gasteiger partial charge in [0.05, 0.1) is 16.6 Å². The summed E-state index contributed by atoms with van der Waals surface area (Å²) in [6.07, 6.45) is 0. The van der Waals surface area contributed by atoms with Gasteiger partial charge in [-0.3, -0.25) is 0 Å². The Bertz CT molecular complexity index is 922. The molecule has 0 fully saturated rings. The average molecular weight is 344 g/mol. The lowest BCUT2D eigenvalue weighted by molar-refractivity contribution is 0.597. The van der Waals surface area contributed by atoms with Gasteiger partial charge in [0, 0.05) is 0 Å². The number of nitrogens with two attached hydrogens (primary N) is 1. The van der Waals surface area contributed by atoms with Crippen LogP contribution in [0.3, 0.4) is 0 Å². The summed E-state index contributed by atoms with van der Waals surface area (Å²) in [5.41, 5.74) is 1.71. The molecule has 0 amide bonds. The lowest BCUT2D eigenvalue weighted by Crippen LogP contribution is -2.14. The molecule has 0 saturated carbocycles. The van der Waals surface area contributed by atoms with E-state index in [1.54, 1.807) is 16.8 Å². The molecule has 8 nitrogen and oxygen atoms in total. The number of nitrogens with zero attached hydrogens (tertiary/aromatic N) is 4. The van der Waals surface area contributed by atoms with Gasteiger partial charge in [0.25, 0.3) is 0 Å². The maximum absolute atomic E-state index is 11.3. The summed E-state index contributed by atoms with van der Waals surface area (Å²) < 4.78 is 24.2. The van der Waals surface area contributed by atoms with E-state index in [2.05, 4.69) is 20.8 Å². The zero-order chi connectivity index (χ0) is 17.2. The van der Waals surface area contributed by atoms with E-state index in [1.165, 1.54) is 12.1 Å². The number of nitrogens with one attached hydrogen (secondary N) is 1. The highest BCUT2D eigenvalue weighted by Crippen LogP contribution is 2.20. The zero-order valence-corrected chi connectivity index (χ0v) is 13.7. The molecule has 0 aliphatic carbocycles. The number of hydrogen-bond acceptors (Lipinski definition) is 6. The van der Waals surface area contributed by atoms with Crippen molar-refractivity contribution in [1.82, 2.24) is 20.2 Å². The van der Waals surface area contributed by atoms with Crippen molar-refractivity contribution in [3.8, 4) is 5.69 Å². The molecule has 3 N–H and O–H groups in total. The number of para-hydroxylation sites is 1. The molecule has 24 heavy (non-hydrogen) atoms. The molecule has 2 aromatic carbocycles. The first-order valence-electron chi connectivity index (χ1n) is 7.18. The van der Waals surface area contributed by atoms with Crippen molar-refractivity contribution < 1.29 is 8.42 Å². The van der Waals surface area contributed by atoms with E-state index in [0.717, 1.165) is 11.3 Å². The number of sulfonamides is 1. The molecule has 0 spiro atoms. The first kappa shape index (κ1) is 16.1. The van der Waals surface area contributed by atoms with Gasteiger partial charge >= 0.3 is 0 Å². The minimum atomic E-state index is -3.69. The van der Waals surface area contributed by atoms with Gasteiger partial charge in [0.1, 0.15) is 0 Å². The van der Waals surface area contributed by atoms with Gasteiger partial charge in [-0.2, -0.15) is 4.68 Å². The van der Waals surface area contributed by atoms with Gasteiger partial charge in [0.15, 0.2) is 0 Å². The Morgan fingerprint density at radius 2 is 1.75 bits per heavy atom. The maximum atomic E-state index is 11.3. The summed E-state index contributed by atoms with van der Waals surface area (Å²) in [6, 6.07) is 15.7. The lowest BCUT2D eigenvalue weighted by Gasteiger charge is -2.15. The van der Waals surface area contributed by atoms with Crippen LogP contribution < -0.4 is 10.5 Å². The second-order valence-electron chi connectivity index (χ2n) is 5.23. The van der Waals surface area contributed by atoms with Crippen molar-refractivity contribution in [3.63, 3.8) is 0 Å². The van der Waals surface area contributed by atoms with Crippen LogP contribution in [0.25, 0.3) is 5.69 Å². The summed E-state index contributed by atoms with van der Waals surface area (Å²) in [6.45, 7) is 1.93. The molecule has 0 saturated heterocycles. The van der Waals surface area contributed by atoms with Crippen LogP contribution in [0, 0.1) is 0 Å². The minimum Gasteiger partial charge on any atom is -0.346 e. The third-order valence-corrected chi connectivity index (χ3v) is 4.45. The van der Waals surface area contributed by atoms with Crippen LogP contribution in [0.2, 0.25) is 0 Å². The molecule has 1 aromatic heterocycles. The number of hydrogen-bond donors (Lipinski definition) is 2. The molecule has 1 heterocycles. The Morgan fingerprint density at radius 1 is 1.08 bits per heavy atom. The first-order chi connectivity index (χ1) is 11.4. The van der Waals surface area contributed by atoms with E-state index >= 15 is 0 Å². The molecule has 1 atom stereocenters. The van der Waals surface area contributed by atoms with Crippen molar-refractivity contribution in [3.05, 3.63) is 60.2 Å². The monoisotopic (exact) mass is 344 g/mol. The van der Waals surface area contributed by atoms with E-state index < -0.39 is 10.0 Å². The molecule has 0 radical (unpaired) electrons. The van der Waals surface area contributed by atoms with E-state index in [0.29, 0.717) is 5.95 Å². The smallest absolute Gasteiger partial charge is 0.248 e. The van der Waals surface area contributed by atoms with Crippen LogP contribution >= 0.6 is 0 Å². The number of tetrazole rings is 1. The van der Waals surface area contributed by atoms with Crippen molar-refractivity contribution >= 4 is 16.0 Å². The van der Waals surface area contributed by atoms with Crippen LogP contribution in [-0.2, 0) is 10.0 Å². The van der Waals surface area contributed by atoms with Gasteiger partial charge in [0.2, 0.25) is 16.0 Å². The number of benzene rings is 2. The summed E-state index contributed by atoms with van der Waals surface area (Å²) >= 11 is 0. The molecule has 3 aromatic rings. The highest BCUT2D eigenvalue weighted by molar-refractivity contribution is 7.89. The number of anilines is 1. The number of aromatic nitrogens is 4. The molecule has 0 bridgehead atoms. The highest BCUT2D eigenvalue weighted by atomic mass is 32.2. The van der Waals surface area contributed by atoms with Crippen LogP contribution in [0.1, 0.15) is 18.5 Å². The quantitative estimate of drug-likeness (QED) is 0.724. The van der Waals surface area contributed by atoms with Crippen LogP contribution in [0.15, 0.2) is 59.5 Å². The van der Waals surface area contributed by atoms with E-state index in [-0.39, 0.29) is 10.9 Å². The summed E-state index contributed by atoms with van der Waals surface area (Å²) in [4.78, 5) is 0.0765. The Labute approximate surface area is 139 Å². The fraction of sp³-hybridized carbons (Fsp3) is 0.133. The van der Waals surface area contributed by atoms with Crippen LogP contribution in [0.4, 0.5) is 5.95 Å². The number of primary sulfonamides is 1. The van der Waals surface area contributed by atoms with E-state index in [1.807, 2.05) is 37.3 Å². The molecule has 0 aliphatic rings. The van der Waals surface area contributed by atoms with Crippen molar-refractivity contribution in [1.29, 1.82) is 0 Å². The highest BCUT2D eigenvalue weighted by Gasteiger charge is 2.13. The summed E-state index contributed by atoms with van der Waals surface area (Å²) in [5.74, 6) is 0.490. The molecule has 9 heteroatoms. The molecular formula is C15H16N6O2S. The standard InChI is InChI=1S/C15H16N6O2S/c1-11(12-7-9-14(10-8-12)24(16,22)23)17-15-18-19-20-21(15)13-5-3-2-4-6-13/h2-11H,1H3,(H2,16,22,23)(H,17,18,20)/t11-/m0/s1. The normalized spacial score (nSPS) is 12.8. The van der Waals surface area contributed by atoms with E-state index in [9.17, 15) is 8.42 Å². The van der Waals surface area contributed by atoms with Crippen molar-refractivity contribution in [2.24, 2.45) is 5.14 Å². The minimum absolute atomic E-state index is 0.0765. The molecule has 0 unspecified atom stereocenters. The predicted octanol–water partition coefficient (Wildman–Crippen LogP) is 1.48. The Hall–Kier alpha value is -2.78. The molecule has 3 rings (SSSR count). The largest absolute Gasteiger partial charge is 0.346 e. The summed E-state index contributed by atoms with van der Waals surface area (Å²) in [5, 5.41) is 20.0. The fourth-order valence-electron chi connectivity index (χ4n) is 2.24. The first-order valence-corrected chi connectivity index (χ1v) is 8.73. The van der Waals surface area contributed by atoms with Crippen LogP contribution in [-0.4, -0.2) is 28.6 Å². The molecular weight excluding hydrogens is 328 g/mol. The second kappa shape index (κ2) is 6.38. The van der Waals surface area contributed by atoms with Crippen molar-refractivity contribution in [2.45, 2.75) is 17.9 Å². The van der Waals surface area contributed by atoms with Crippen LogP contribution in [0.5, 0.6) is 0 Å². The van der Waals surface area contributed by atoms with E-state index in [4.69, 9.17) is 5.14 Å². The lowest BCUT2D eigenvalue weighted by atomic mass is 10.1. The van der Waals surface area contributed by atoms with Gasteiger partial charge in [-0.15, -0.1) is 0 Å². The Balaban J connectivity index is 1.81. The molecule has 0 aliphatic heterocycles. The molecule has 124 valence electrons. The predicted molar refractivity (Wildman–Crippen MR) is 89.0 cm³/mol. The summed E-state index contributed by atoms with van der Waals surface area (Å²) in [7, 11) is -3.69. The SMILES string of the molecule is C[C@H](Nc1nnnn1-c1ccccc1)c1ccc(S(N)(=O)=O)cc1. The Morgan fingerprint density at radius 3 is 2.38 bits per heavy atom. The third-order valence-electron chi connectivity index (χ3n) is 3.52.